The van der Waals surface area contributed by atoms with E-state index in [1.165, 1.54) is 11.9 Å². The predicted molar refractivity (Wildman–Crippen MR) is 94.7 cm³/mol. The Hall–Kier alpha value is -3.22. The maximum Gasteiger partial charge on any atom is 0.276 e. The Morgan fingerprint density at radius 2 is 2.04 bits per heavy atom. The number of aryl methyl sites for hydroxylation is 1. The van der Waals surface area contributed by atoms with Crippen LogP contribution in [0.25, 0.3) is 0 Å². The average molecular weight is 351 g/mol. The fourth-order valence-electron chi connectivity index (χ4n) is 4.01. The number of hydrogen-bond acceptors (Lipinski definition) is 4. The van der Waals surface area contributed by atoms with Crippen LogP contribution in [0.5, 0.6) is 0 Å². The standard InChI is InChI=1S/C19H17N3O4/c1-11-3-5-13(6-4-11)20-17(23)16-14-9-12-7-8-19(14,21(2)18(16)24)15(10-12)22(25)26/h3-8,10,12H,9H2,1-2H3,(H,20,23). The second-order valence-electron chi connectivity index (χ2n) is 6.84. The van der Waals surface area contributed by atoms with Crippen molar-refractivity contribution in [3.05, 3.63) is 75.0 Å². The van der Waals surface area contributed by atoms with Crippen LogP contribution < -0.4 is 5.32 Å². The third kappa shape index (κ3) is 2.06. The van der Waals surface area contributed by atoms with Crippen molar-refractivity contribution >= 4 is 17.5 Å². The first-order valence-electron chi connectivity index (χ1n) is 8.30. The Morgan fingerprint density at radius 1 is 1.35 bits per heavy atom. The highest BCUT2D eigenvalue weighted by Gasteiger charge is 2.60. The second-order valence-corrected chi connectivity index (χ2v) is 6.84. The SMILES string of the molecule is Cc1ccc(NC(=O)C2=C3CC4C=CC3(C([N+](=O)[O-])=C4)N(C)C2=O)cc1. The molecule has 26 heavy (non-hydrogen) atoms. The summed E-state index contributed by atoms with van der Waals surface area (Å²) in [4.78, 5) is 38.1. The summed E-state index contributed by atoms with van der Waals surface area (Å²) in [6.07, 6.45) is 5.55. The maximum atomic E-state index is 12.8. The van der Waals surface area contributed by atoms with Crippen LogP contribution in [0.3, 0.4) is 0 Å². The number of hydrogen-bond donors (Lipinski definition) is 1. The molecule has 4 aliphatic rings. The molecule has 2 bridgehead atoms. The lowest BCUT2D eigenvalue weighted by atomic mass is 9.70. The summed E-state index contributed by atoms with van der Waals surface area (Å²) in [5, 5.41) is 14.3. The monoisotopic (exact) mass is 351 g/mol. The second kappa shape index (κ2) is 5.39. The summed E-state index contributed by atoms with van der Waals surface area (Å²) >= 11 is 0. The number of carbonyl (C=O) groups is 2. The zero-order valence-corrected chi connectivity index (χ0v) is 14.4. The van der Waals surface area contributed by atoms with Gasteiger partial charge in [-0.1, -0.05) is 23.8 Å². The minimum absolute atomic E-state index is 0.00914. The van der Waals surface area contributed by atoms with Crippen molar-refractivity contribution in [2.45, 2.75) is 18.9 Å². The molecule has 132 valence electrons. The van der Waals surface area contributed by atoms with E-state index in [4.69, 9.17) is 0 Å². The lowest BCUT2D eigenvalue weighted by Crippen LogP contribution is -2.51. The molecule has 0 fully saturated rings. The molecule has 0 radical (unpaired) electrons. The van der Waals surface area contributed by atoms with Crippen molar-refractivity contribution in [2.24, 2.45) is 5.92 Å². The molecule has 3 aliphatic carbocycles. The van der Waals surface area contributed by atoms with Gasteiger partial charge in [0.1, 0.15) is 5.57 Å². The number of nitrogens with one attached hydrogen (secondary N) is 1. The van der Waals surface area contributed by atoms with Crippen molar-refractivity contribution in [2.75, 3.05) is 12.4 Å². The van der Waals surface area contributed by atoms with Crippen LogP contribution in [-0.2, 0) is 9.59 Å². The normalized spacial score (nSPS) is 26.1. The smallest absolute Gasteiger partial charge is 0.276 e. The molecule has 7 nitrogen and oxygen atoms in total. The van der Waals surface area contributed by atoms with Crippen LogP contribution >= 0.6 is 0 Å². The minimum Gasteiger partial charge on any atom is -0.322 e. The van der Waals surface area contributed by atoms with Gasteiger partial charge in [-0.25, -0.2) is 0 Å². The number of nitro groups is 1. The van der Waals surface area contributed by atoms with Gasteiger partial charge < -0.3 is 10.2 Å². The van der Waals surface area contributed by atoms with Crippen molar-refractivity contribution in [3.63, 3.8) is 0 Å². The topological polar surface area (TPSA) is 92.5 Å². The van der Waals surface area contributed by atoms with Gasteiger partial charge in [-0.05, 0) is 43.2 Å². The number of nitrogens with zero attached hydrogens (tertiary/aromatic N) is 2. The lowest BCUT2D eigenvalue weighted by molar-refractivity contribution is -0.436. The molecule has 2 atom stereocenters. The lowest BCUT2D eigenvalue weighted by Gasteiger charge is -2.40. The average Bonchev–Trinajstić information content (AvgIpc) is 2.85. The van der Waals surface area contributed by atoms with Gasteiger partial charge >= 0.3 is 0 Å². The van der Waals surface area contributed by atoms with Gasteiger partial charge in [0.2, 0.25) is 0 Å². The number of likely N-dealkylation sites (N-methyl/N-ethyl adjacent to an activating group) is 1. The van der Waals surface area contributed by atoms with E-state index in [-0.39, 0.29) is 17.2 Å². The van der Waals surface area contributed by atoms with Crippen LogP contribution in [0, 0.1) is 23.0 Å². The van der Waals surface area contributed by atoms with Gasteiger partial charge in [-0.3, -0.25) is 19.7 Å². The molecule has 2 amide bonds. The van der Waals surface area contributed by atoms with Crippen molar-refractivity contribution in [1.82, 2.24) is 4.90 Å². The highest BCUT2D eigenvalue weighted by molar-refractivity contribution is 6.25. The number of benzene rings is 1. The van der Waals surface area contributed by atoms with Gasteiger partial charge in [-0.2, -0.15) is 0 Å². The van der Waals surface area contributed by atoms with E-state index < -0.39 is 22.3 Å². The number of anilines is 1. The van der Waals surface area contributed by atoms with Gasteiger partial charge in [0.15, 0.2) is 5.54 Å². The van der Waals surface area contributed by atoms with Gasteiger partial charge in [0.25, 0.3) is 17.5 Å². The summed E-state index contributed by atoms with van der Waals surface area (Å²) in [6.45, 7) is 1.94. The molecule has 1 spiro atoms. The van der Waals surface area contributed by atoms with E-state index in [2.05, 4.69) is 5.32 Å². The van der Waals surface area contributed by atoms with Crippen LogP contribution in [0.4, 0.5) is 5.69 Å². The Labute approximate surface area is 149 Å². The Kier molecular flexibility index (Phi) is 3.37. The van der Waals surface area contributed by atoms with E-state index in [0.717, 1.165) is 5.56 Å². The molecular weight excluding hydrogens is 334 g/mol. The zero-order valence-electron chi connectivity index (χ0n) is 14.4. The van der Waals surface area contributed by atoms with Gasteiger partial charge in [-0.15, -0.1) is 0 Å². The highest BCUT2D eigenvalue weighted by atomic mass is 16.6. The van der Waals surface area contributed by atoms with Crippen LogP contribution in [0.2, 0.25) is 0 Å². The van der Waals surface area contributed by atoms with E-state index >= 15 is 0 Å². The quantitative estimate of drug-likeness (QED) is 0.391. The van der Waals surface area contributed by atoms with E-state index in [1.54, 1.807) is 24.3 Å². The van der Waals surface area contributed by atoms with E-state index in [9.17, 15) is 19.7 Å². The molecular formula is C19H17N3O4. The fourth-order valence-corrected chi connectivity index (χ4v) is 4.01. The Balaban J connectivity index is 1.78. The summed E-state index contributed by atoms with van der Waals surface area (Å²) in [7, 11) is 1.50. The molecule has 5 rings (SSSR count). The van der Waals surface area contributed by atoms with Crippen molar-refractivity contribution < 1.29 is 14.5 Å². The number of allylic oxidation sites excluding steroid dienone is 2. The number of carbonyl (C=O) groups excluding carboxylic acids is 2. The first kappa shape index (κ1) is 16.3. The Bertz CT molecular complexity index is 942. The van der Waals surface area contributed by atoms with Crippen molar-refractivity contribution in [1.29, 1.82) is 0 Å². The summed E-state index contributed by atoms with van der Waals surface area (Å²) in [5.41, 5.74) is 0.837. The van der Waals surface area contributed by atoms with Gasteiger partial charge in [0.05, 0.1) is 4.92 Å². The molecule has 0 saturated carbocycles. The molecule has 7 heteroatoms. The van der Waals surface area contributed by atoms with Gasteiger partial charge in [0, 0.05) is 18.7 Å². The maximum absolute atomic E-state index is 12.8. The first-order chi connectivity index (χ1) is 12.3. The van der Waals surface area contributed by atoms with E-state index in [0.29, 0.717) is 17.7 Å². The first-order valence-corrected chi connectivity index (χ1v) is 8.30. The molecule has 2 unspecified atom stereocenters. The summed E-state index contributed by atoms with van der Waals surface area (Å²) in [5.74, 6) is -1.19. The molecule has 0 saturated heterocycles. The molecule has 1 aromatic carbocycles. The van der Waals surface area contributed by atoms with Crippen LogP contribution in [-0.4, -0.2) is 34.2 Å². The summed E-state index contributed by atoms with van der Waals surface area (Å²) in [6, 6.07) is 7.23. The Morgan fingerprint density at radius 3 is 2.69 bits per heavy atom. The number of amides is 2. The van der Waals surface area contributed by atoms with Crippen LogP contribution in [0.1, 0.15) is 12.0 Å². The molecule has 0 aromatic heterocycles. The predicted octanol–water partition coefficient (Wildman–Crippen LogP) is 2.19. The molecule has 1 heterocycles. The minimum atomic E-state index is -1.25. The van der Waals surface area contributed by atoms with Crippen LogP contribution in [0.15, 0.2) is 59.3 Å². The molecule has 1 aromatic rings. The van der Waals surface area contributed by atoms with Crippen molar-refractivity contribution in [3.8, 4) is 0 Å². The molecule has 1 aliphatic heterocycles. The number of rotatable bonds is 3. The van der Waals surface area contributed by atoms with E-state index in [1.807, 2.05) is 25.1 Å². The summed E-state index contributed by atoms with van der Waals surface area (Å²) < 4.78 is 0. The molecule has 1 N–H and O–H groups in total. The highest BCUT2D eigenvalue weighted by Crippen LogP contribution is 2.51. The largest absolute Gasteiger partial charge is 0.322 e. The zero-order chi connectivity index (χ0) is 18.6. The third-order valence-electron chi connectivity index (χ3n) is 5.33. The third-order valence-corrected chi connectivity index (χ3v) is 5.33. The fraction of sp³-hybridized carbons (Fsp3) is 0.263.